The van der Waals surface area contributed by atoms with Crippen molar-refractivity contribution in [2.75, 3.05) is 23.9 Å². The Morgan fingerprint density at radius 1 is 1.08 bits per heavy atom. The Kier molecular flexibility index (Phi) is 5.58. The number of methoxy groups -OCH3 is 1. The summed E-state index contributed by atoms with van der Waals surface area (Å²) < 4.78 is 5.11. The molecular weight excluding hydrogens is 304 g/mol. The summed E-state index contributed by atoms with van der Waals surface area (Å²) in [6.45, 7) is 5.29. The van der Waals surface area contributed by atoms with Gasteiger partial charge in [-0.15, -0.1) is 0 Å². The molecule has 2 amide bonds. The van der Waals surface area contributed by atoms with E-state index >= 15 is 0 Å². The van der Waals surface area contributed by atoms with Crippen LogP contribution in [0.25, 0.3) is 0 Å². The minimum Gasteiger partial charge on any atom is -0.497 e. The zero-order valence-electron chi connectivity index (χ0n) is 14.4. The minimum absolute atomic E-state index is 0.0466. The highest BCUT2D eigenvalue weighted by Gasteiger charge is 2.16. The number of ether oxygens (including phenoxy) is 1. The first-order valence-electron chi connectivity index (χ1n) is 7.70. The van der Waals surface area contributed by atoms with Crippen molar-refractivity contribution in [1.29, 1.82) is 0 Å². The molecule has 24 heavy (non-hydrogen) atoms. The summed E-state index contributed by atoms with van der Waals surface area (Å²) in [5, 5.41) is 2.87. The fourth-order valence-electron chi connectivity index (χ4n) is 2.35. The van der Waals surface area contributed by atoms with Crippen LogP contribution in [0.5, 0.6) is 5.75 Å². The van der Waals surface area contributed by atoms with Gasteiger partial charge < -0.3 is 15.0 Å². The van der Waals surface area contributed by atoms with Gasteiger partial charge in [0.05, 0.1) is 7.11 Å². The molecule has 0 radical (unpaired) electrons. The van der Waals surface area contributed by atoms with E-state index in [-0.39, 0.29) is 18.4 Å². The van der Waals surface area contributed by atoms with Gasteiger partial charge >= 0.3 is 0 Å². The number of amides is 2. The summed E-state index contributed by atoms with van der Waals surface area (Å²) >= 11 is 0. The molecule has 0 aliphatic heterocycles. The molecule has 5 nitrogen and oxygen atoms in total. The lowest BCUT2D eigenvalue weighted by Crippen LogP contribution is -2.36. The molecule has 1 N–H and O–H groups in total. The third-order valence-corrected chi connectivity index (χ3v) is 3.73. The minimum atomic E-state index is -0.241. The van der Waals surface area contributed by atoms with Gasteiger partial charge in [0.2, 0.25) is 11.8 Å². The standard InChI is InChI=1S/C19H22N2O3/c1-13-5-6-14(2)18(11-13)20-19(23)12-21(15(3)22)16-7-9-17(24-4)10-8-16/h5-11H,12H2,1-4H3,(H,20,23). The van der Waals surface area contributed by atoms with Crippen molar-refractivity contribution in [1.82, 2.24) is 0 Å². The van der Waals surface area contributed by atoms with Crippen molar-refractivity contribution >= 4 is 23.2 Å². The molecule has 0 bridgehead atoms. The number of hydrogen-bond acceptors (Lipinski definition) is 3. The summed E-state index contributed by atoms with van der Waals surface area (Å²) in [4.78, 5) is 25.7. The maximum atomic E-state index is 12.4. The van der Waals surface area contributed by atoms with Crippen molar-refractivity contribution in [2.45, 2.75) is 20.8 Å². The molecule has 2 aromatic carbocycles. The highest BCUT2D eigenvalue weighted by molar-refractivity contribution is 6.02. The zero-order valence-corrected chi connectivity index (χ0v) is 14.4. The predicted molar refractivity (Wildman–Crippen MR) is 95.6 cm³/mol. The number of aryl methyl sites for hydroxylation is 2. The first-order valence-corrected chi connectivity index (χ1v) is 7.70. The number of nitrogens with zero attached hydrogens (tertiary/aromatic N) is 1. The highest BCUT2D eigenvalue weighted by atomic mass is 16.5. The van der Waals surface area contributed by atoms with Crippen LogP contribution in [-0.2, 0) is 9.59 Å². The van der Waals surface area contributed by atoms with Crippen molar-refractivity contribution in [3.63, 3.8) is 0 Å². The molecule has 2 aromatic rings. The van der Waals surface area contributed by atoms with E-state index in [4.69, 9.17) is 4.74 Å². The maximum absolute atomic E-state index is 12.4. The van der Waals surface area contributed by atoms with E-state index in [1.165, 1.54) is 11.8 Å². The fourth-order valence-corrected chi connectivity index (χ4v) is 2.35. The molecule has 0 unspecified atom stereocenters. The van der Waals surface area contributed by atoms with E-state index in [2.05, 4.69) is 5.32 Å². The summed E-state index contributed by atoms with van der Waals surface area (Å²) in [6.07, 6.45) is 0. The third kappa shape index (κ3) is 4.35. The van der Waals surface area contributed by atoms with Crippen LogP contribution in [0, 0.1) is 13.8 Å². The Balaban J connectivity index is 2.13. The van der Waals surface area contributed by atoms with E-state index in [0.717, 1.165) is 16.8 Å². The zero-order chi connectivity index (χ0) is 17.7. The maximum Gasteiger partial charge on any atom is 0.244 e. The molecule has 2 rings (SSSR count). The Morgan fingerprint density at radius 2 is 1.75 bits per heavy atom. The lowest BCUT2D eigenvalue weighted by Gasteiger charge is -2.21. The first-order chi connectivity index (χ1) is 11.4. The van der Waals surface area contributed by atoms with Crippen LogP contribution >= 0.6 is 0 Å². The van der Waals surface area contributed by atoms with Crippen molar-refractivity contribution < 1.29 is 14.3 Å². The van der Waals surface area contributed by atoms with E-state index in [1.807, 2.05) is 32.0 Å². The van der Waals surface area contributed by atoms with Crippen LogP contribution in [0.4, 0.5) is 11.4 Å². The normalized spacial score (nSPS) is 10.2. The van der Waals surface area contributed by atoms with Gasteiger partial charge in [0.25, 0.3) is 0 Å². The number of rotatable bonds is 5. The van der Waals surface area contributed by atoms with Crippen LogP contribution in [0.15, 0.2) is 42.5 Å². The molecule has 0 spiro atoms. The Bertz CT molecular complexity index is 739. The van der Waals surface area contributed by atoms with Gasteiger partial charge in [0, 0.05) is 18.3 Å². The lowest BCUT2D eigenvalue weighted by molar-refractivity contribution is -0.120. The van der Waals surface area contributed by atoms with Crippen molar-refractivity contribution in [3.05, 3.63) is 53.6 Å². The second kappa shape index (κ2) is 7.64. The summed E-state index contributed by atoms with van der Waals surface area (Å²) in [5.74, 6) is 0.257. The molecule has 5 heteroatoms. The van der Waals surface area contributed by atoms with Gasteiger partial charge in [-0.3, -0.25) is 9.59 Å². The second-order valence-corrected chi connectivity index (χ2v) is 5.67. The SMILES string of the molecule is COc1ccc(N(CC(=O)Nc2cc(C)ccc2C)C(C)=O)cc1. The molecular formula is C19H22N2O3. The predicted octanol–water partition coefficient (Wildman–Crippen LogP) is 3.30. The summed E-state index contributed by atoms with van der Waals surface area (Å²) in [5.41, 5.74) is 3.46. The van der Waals surface area contributed by atoms with Gasteiger partial charge in [-0.05, 0) is 55.3 Å². The molecule has 0 saturated heterocycles. The van der Waals surface area contributed by atoms with E-state index < -0.39 is 0 Å². The summed E-state index contributed by atoms with van der Waals surface area (Å²) in [7, 11) is 1.58. The second-order valence-electron chi connectivity index (χ2n) is 5.67. The van der Waals surface area contributed by atoms with Gasteiger partial charge in [0.15, 0.2) is 0 Å². The average Bonchev–Trinajstić information content (AvgIpc) is 2.56. The van der Waals surface area contributed by atoms with Gasteiger partial charge in [0.1, 0.15) is 12.3 Å². The Hall–Kier alpha value is -2.82. The van der Waals surface area contributed by atoms with Crippen molar-refractivity contribution in [2.24, 2.45) is 0 Å². The van der Waals surface area contributed by atoms with E-state index in [1.54, 1.807) is 31.4 Å². The van der Waals surface area contributed by atoms with Gasteiger partial charge in [-0.2, -0.15) is 0 Å². The molecule has 126 valence electrons. The molecule has 0 heterocycles. The molecule has 0 aliphatic carbocycles. The van der Waals surface area contributed by atoms with Crippen LogP contribution < -0.4 is 15.0 Å². The monoisotopic (exact) mass is 326 g/mol. The van der Waals surface area contributed by atoms with Crippen LogP contribution in [0.1, 0.15) is 18.1 Å². The number of benzene rings is 2. The van der Waals surface area contributed by atoms with Crippen LogP contribution in [0.2, 0.25) is 0 Å². The third-order valence-electron chi connectivity index (χ3n) is 3.73. The first kappa shape index (κ1) is 17.5. The molecule has 0 saturated carbocycles. The quantitative estimate of drug-likeness (QED) is 0.917. The number of anilines is 2. The van der Waals surface area contributed by atoms with Gasteiger partial charge in [-0.25, -0.2) is 0 Å². The molecule has 0 fully saturated rings. The average molecular weight is 326 g/mol. The van der Waals surface area contributed by atoms with Crippen LogP contribution in [-0.4, -0.2) is 25.5 Å². The number of nitrogens with one attached hydrogen (secondary N) is 1. The van der Waals surface area contributed by atoms with E-state index in [9.17, 15) is 9.59 Å². The Morgan fingerprint density at radius 3 is 2.33 bits per heavy atom. The topological polar surface area (TPSA) is 58.6 Å². The molecule has 0 aromatic heterocycles. The largest absolute Gasteiger partial charge is 0.497 e. The summed E-state index contributed by atoms with van der Waals surface area (Å²) in [6, 6.07) is 12.9. The molecule has 0 atom stereocenters. The van der Waals surface area contributed by atoms with E-state index in [0.29, 0.717) is 11.4 Å². The lowest BCUT2D eigenvalue weighted by atomic mass is 10.1. The fraction of sp³-hybridized carbons (Fsp3) is 0.263. The number of hydrogen-bond donors (Lipinski definition) is 1. The van der Waals surface area contributed by atoms with Crippen molar-refractivity contribution in [3.8, 4) is 5.75 Å². The smallest absolute Gasteiger partial charge is 0.244 e. The number of carbonyl (C=O) groups excluding carboxylic acids is 2. The molecule has 0 aliphatic rings. The number of carbonyl (C=O) groups is 2. The van der Waals surface area contributed by atoms with Gasteiger partial charge in [-0.1, -0.05) is 12.1 Å². The van der Waals surface area contributed by atoms with Crippen LogP contribution in [0.3, 0.4) is 0 Å². The Labute approximate surface area is 142 Å². The highest BCUT2D eigenvalue weighted by Crippen LogP contribution is 2.20.